The van der Waals surface area contributed by atoms with Gasteiger partial charge in [0.05, 0.1) is 11.6 Å². The van der Waals surface area contributed by atoms with Gasteiger partial charge in [0, 0.05) is 38.3 Å². The molecule has 0 saturated carbocycles. The molecule has 5 nitrogen and oxygen atoms in total. The zero-order valence-corrected chi connectivity index (χ0v) is 13.6. The quantitative estimate of drug-likeness (QED) is 0.921. The Balaban J connectivity index is 1.78. The molecule has 0 bridgehead atoms. The van der Waals surface area contributed by atoms with E-state index in [1.807, 2.05) is 29.1 Å². The largest absolute Gasteiger partial charge is 0.481 e. The number of carboxylic acid groups (broad SMARTS) is 1. The Kier molecular flexibility index (Phi) is 4.48. The standard InChI is InChI=1S/C18H23N3O2/c1-3-21-9-8-14(19-21)10-20-11-16(17(12-20)18(22)23)15-7-5-4-6-13(15)2/h4-9,16-17H,3,10-12H2,1-2H3,(H,22,23)/t16-,17+/m0/s1. The van der Waals surface area contributed by atoms with Gasteiger partial charge in [-0.25, -0.2) is 0 Å². The van der Waals surface area contributed by atoms with E-state index < -0.39 is 5.97 Å². The SMILES string of the molecule is CCn1ccc(CN2C[C@@H](C(=O)O)[C@H](c3ccccc3C)C2)n1. The van der Waals surface area contributed by atoms with Crippen LogP contribution in [0.15, 0.2) is 36.5 Å². The second kappa shape index (κ2) is 6.54. The lowest BCUT2D eigenvalue weighted by molar-refractivity contribution is -0.141. The average molecular weight is 313 g/mol. The number of carbonyl (C=O) groups is 1. The van der Waals surface area contributed by atoms with Crippen molar-refractivity contribution in [1.29, 1.82) is 0 Å². The van der Waals surface area contributed by atoms with E-state index in [2.05, 4.69) is 36.0 Å². The van der Waals surface area contributed by atoms with Crippen LogP contribution in [0, 0.1) is 12.8 Å². The van der Waals surface area contributed by atoms with E-state index in [1.54, 1.807) is 0 Å². The summed E-state index contributed by atoms with van der Waals surface area (Å²) in [6.07, 6.45) is 1.97. The van der Waals surface area contributed by atoms with Crippen molar-refractivity contribution in [2.45, 2.75) is 32.9 Å². The van der Waals surface area contributed by atoms with Crippen molar-refractivity contribution in [3.8, 4) is 0 Å². The minimum Gasteiger partial charge on any atom is -0.481 e. The Morgan fingerprint density at radius 3 is 2.74 bits per heavy atom. The van der Waals surface area contributed by atoms with E-state index in [0.29, 0.717) is 13.1 Å². The van der Waals surface area contributed by atoms with Crippen molar-refractivity contribution in [2.24, 2.45) is 5.92 Å². The molecular weight excluding hydrogens is 290 g/mol. The topological polar surface area (TPSA) is 58.4 Å². The minimum atomic E-state index is -0.708. The zero-order valence-electron chi connectivity index (χ0n) is 13.6. The van der Waals surface area contributed by atoms with Gasteiger partial charge in [-0.05, 0) is 31.0 Å². The van der Waals surface area contributed by atoms with Crippen molar-refractivity contribution in [3.05, 3.63) is 53.3 Å². The smallest absolute Gasteiger partial charge is 0.308 e. The number of aromatic nitrogens is 2. The fourth-order valence-corrected chi connectivity index (χ4v) is 3.48. The summed E-state index contributed by atoms with van der Waals surface area (Å²) in [5.41, 5.74) is 3.32. The highest BCUT2D eigenvalue weighted by Gasteiger charge is 2.39. The number of nitrogens with zero attached hydrogens (tertiary/aromatic N) is 3. The normalized spacial score (nSPS) is 21.7. The predicted molar refractivity (Wildman–Crippen MR) is 88.2 cm³/mol. The summed E-state index contributed by atoms with van der Waals surface area (Å²) < 4.78 is 1.90. The van der Waals surface area contributed by atoms with Crippen LogP contribution < -0.4 is 0 Å². The lowest BCUT2D eigenvalue weighted by Crippen LogP contribution is -2.23. The monoisotopic (exact) mass is 313 g/mol. The molecule has 0 aliphatic carbocycles. The van der Waals surface area contributed by atoms with Gasteiger partial charge in [-0.2, -0.15) is 5.10 Å². The molecule has 23 heavy (non-hydrogen) atoms. The summed E-state index contributed by atoms with van der Waals surface area (Å²) in [7, 11) is 0. The lowest BCUT2D eigenvalue weighted by atomic mass is 9.86. The molecule has 1 saturated heterocycles. The molecular formula is C18H23N3O2. The first-order valence-electron chi connectivity index (χ1n) is 8.11. The average Bonchev–Trinajstić information content (AvgIpc) is 3.15. The van der Waals surface area contributed by atoms with Crippen molar-refractivity contribution in [3.63, 3.8) is 0 Å². The van der Waals surface area contributed by atoms with Crippen molar-refractivity contribution in [1.82, 2.24) is 14.7 Å². The fraction of sp³-hybridized carbons (Fsp3) is 0.444. The molecule has 2 aromatic rings. The van der Waals surface area contributed by atoms with Gasteiger partial charge in [0.25, 0.3) is 0 Å². The highest BCUT2D eigenvalue weighted by molar-refractivity contribution is 5.72. The minimum absolute atomic E-state index is 0.0435. The van der Waals surface area contributed by atoms with Crippen LogP contribution in [0.25, 0.3) is 0 Å². The predicted octanol–water partition coefficient (Wildman–Crippen LogP) is 2.51. The van der Waals surface area contributed by atoms with E-state index in [9.17, 15) is 9.90 Å². The molecule has 1 fully saturated rings. The molecule has 1 aromatic carbocycles. The van der Waals surface area contributed by atoms with Crippen LogP contribution in [-0.4, -0.2) is 38.8 Å². The molecule has 3 rings (SSSR count). The first kappa shape index (κ1) is 15.7. The van der Waals surface area contributed by atoms with Gasteiger partial charge in [-0.15, -0.1) is 0 Å². The Morgan fingerprint density at radius 2 is 2.09 bits per heavy atom. The number of hydrogen-bond acceptors (Lipinski definition) is 3. The number of likely N-dealkylation sites (tertiary alicyclic amines) is 1. The van der Waals surface area contributed by atoms with Gasteiger partial charge in [0.2, 0.25) is 0 Å². The Morgan fingerprint density at radius 1 is 1.30 bits per heavy atom. The van der Waals surface area contributed by atoms with Crippen LogP contribution in [0.1, 0.15) is 29.7 Å². The summed E-state index contributed by atoms with van der Waals surface area (Å²) in [5.74, 6) is -1.02. The maximum Gasteiger partial charge on any atom is 0.308 e. The van der Waals surface area contributed by atoms with Gasteiger partial charge in [0.15, 0.2) is 0 Å². The van der Waals surface area contributed by atoms with E-state index >= 15 is 0 Å². The van der Waals surface area contributed by atoms with Crippen LogP contribution in [-0.2, 0) is 17.9 Å². The Labute approximate surface area is 136 Å². The van der Waals surface area contributed by atoms with Crippen LogP contribution in [0.3, 0.4) is 0 Å². The number of rotatable bonds is 5. The van der Waals surface area contributed by atoms with Gasteiger partial charge >= 0.3 is 5.97 Å². The number of carboxylic acids is 1. The summed E-state index contributed by atoms with van der Waals surface area (Å²) in [4.78, 5) is 13.9. The van der Waals surface area contributed by atoms with Crippen LogP contribution in [0.5, 0.6) is 0 Å². The molecule has 0 unspecified atom stereocenters. The summed E-state index contributed by atoms with van der Waals surface area (Å²) in [5, 5.41) is 14.1. The van der Waals surface area contributed by atoms with E-state index in [0.717, 1.165) is 24.3 Å². The molecule has 122 valence electrons. The maximum absolute atomic E-state index is 11.7. The second-order valence-electron chi connectivity index (χ2n) is 6.26. The summed E-state index contributed by atoms with van der Waals surface area (Å²) in [6, 6.07) is 10.1. The summed E-state index contributed by atoms with van der Waals surface area (Å²) >= 11 is 0. The van der Waals surface area contributed by atoms with Gasteiger partial charge in [-0.3, -0.25) is 14.4 Å². The molecule has 2 atom stereocenters. The number of benzene rings is 1. The Bertz CT molecular complexity index is 695. The third kappa shape index (κ3) is 3.29. The highest BCUT2D eigenvalue weighted by atomic mass is 16.4. The first-order valence-corrected chi connectivity index (χ1v) is 8.11. The molecule has 2 heterocycles. The van der Waals surface area contributed by atoms with Gasteiger partial charge in [-0.1, -0.05) is 24.3 Å². The maximum atomic E-state index is 11.7. The van der Waals surface area contributed by atoms with Crippen molar-refractivity contribution in [2.75, 3.05) is 13.1 Å². The van der Waals surface area contributed by atoms with E-state index in [4.69, 9.17) is 0 Å². The lowest BCUT2D eigenvalue weighted by Gasteiger charge is -2.17. The molecule has 1 aliphatic rings. The zero-order chi connectivity index (χ0) is 16.4. The number of aryl methyl sites for hydroxylation is 2. The molecule has 1 aromatic heterocycles. The van der Waals surface area contributed by atoms with Crippen molar-refractivity contribution < 1.29 is 9.90 Å². The molecule has 5 heteroatoms. The first-order chi connectivity index (χ1) is 11.1. The Hall–Kier alpha value is -2.14. The third-order valence-corrected chi connectivity index (χ3v) is 4.71. The summed E-state index contributed by atoms with van der Waals surface area (Å²) in [6.45, 7) is 7.01. The fourth-order valence-electron chi connectivity index (χ4n) is 3.48. The van der Waals surface area contributed by atoms with Gasteiger partial charge in [0.1, 0.15) is 0 Å². The molecule has 1 N–H and O–H groups in total. The molecule has 0 spiro atoms. The molecule has 0 amide bonds. The van der Waals surface area contributed by atoms with Crippen LogP contribution >= 0.6 is 0 Å². The highest BCUT2D eigenvalue weighted by Crippen LogP contribution is 2.35. The van der Waals surface area contributed by atoms with E-state index in [1.165, 1.54) is 5.56 Å². The van der Waals surface area contributed by atoms with Crippen LogP contribution in [0.2, 0.25) is 0 Å². The molecule has 1 aliphatic heterocycles. The number of aliphatic carboxylic acids is 1. The van der Waals surface area contributed by atoms with Crippen LogP contribution in [0.4, 0.5) is 0 Å². The second-order valence-corrected chi connectivity index (χ2v) is 6.26. The number of hydrogen-bond donors (Lipinski definition) is 1. The van der Waals surface area contributed by atoms with E-state index in [-0.39, 0.29) is 11.8 Å². The third-order valence-electron chi connectivity index (χ3n) is 4.71. The molecule has 0 radical (unpaired) electrons. The van der Waals surface area contributed by atoms with Gasteiger partial charge < -0.3 is 5.11 Å². The van der Waals surface area contributed by atoms with Crippen molar-refractivity contribution >= 4 is 5.97 Å².